The van der Waals surface area contributed by atoms with Crippen molar-refractivity contribution in [1.82, 2.24) is 0 Å². The molecule has 1 aliphatic heterocycles. The van der Waals surface area contributed by atoms with Crippen LogP contribution in [0, 0.1) is 0 Å². The van der Waals surface area contributed by atoms with Crippen LogP contribution >= 0.6 is 11.3 Å². The van der Waals surface area contributed by atoms with Crippen LogP contribution in [0.3, 0.4) is 0 Å². The second-order valence-electron chi connectivity index (χ2n) is 3.76. The van der Waals surface area contributed by atoms with E-state index in [9.17, 15) is 8.42 Å². The summed E-state index contributed by atoms with van der Waals surface area (Å²) in [6, 6.07) is 1.71. The number of fused-ring (bicyclic) bond motifs is 1. The van der Waals surface area contributed by atoms with Crippen molar-refractivity contribution in [3.8, 4) is 0 Å². The third-order valence-electron chi connectivity index (χ3n) is 2.13. The van der Waals surface area contributed by atoms with E-state index in [1.165, 1.54) is 0 Å². The van der Waals surface area contributed by atoms with Crippen LogP contribution in [0.5, 0.6) is 0 Å². The molecule has 1 aromatic heterocycles. The minimum atomic E-state index is -2.96. The molecular formula is C8H10O2S2. The van der Waals surface area contributed by atoms with Crippen molar-refractivity contribution < 1.29 is 8.42 Å². The van der Waals surface area contributed by atoms with Crippen LogP contribution in [0.2, 0.25) is 0 Å². The van der Waals surface area contributed by atoms with Gasteiger partial charge in [0, 0.05) is 10.3 Å². The van der Waals surface area contributed by atoms with Crippen LogP contribution in [-0.2, 0) is 15.3 Å². The summed E-state index contributed by atoms with van der Waals surface area (Å²) in [5.74, 6) is 0.266. The van der Waals surface area contributed by atoms with Crippen LogP contribution < -0.4 is 0 Å². The normalized spacial score (nSPS) is 23.8. The summed E-state index contributed by atoms with van der Waals surface area (Å²) in [7, 11) is -2.96. The van der Waals surface area contributed by atoms with Gasteiger partial charge in [0.2, 0.25) is 0 Å². The third-order valence-corrected chi connectivity index (χ3v) is 5.65. The molecule has 0 fully saturated rings. The largest absolute Gasteiger partial charge is 0.224 e. The molecule has 0 saturated carbocycles. The quantitative estimate of drug-likeness (QED) is 0.643. The molecule has 12 heavy (non-hydrogen) atoms. The van der Waals surface area contributed by atoms with Crippen LogP contribution in [0.4, 0.5) is 0 Å². The van der Waals surface area contributed by atoms with E-state index < -0.39 is 9.84 Å². The van der Waals surface area contributed by atoms with Crippen LogP contribution in [0.25, 0.3) is 0 Å². The zero-order chi connectivity index (χ0) is 8.98. The topological polar surface area (TPSA) is 34.1 Å². The Hall–Kier alpha value is -0.350. The molecule has 2 nitrogen and oxygen atoms in total. The van der Waals surface area contributed by atoms with Crippen molar-refractivity contribution in [2.24, 2.45) is 0 Å². The smallest absolute Gasteiger partial charge is 0.180 e. The summed E-state index contributed by atoms with van der Waals surface area (Å²) >= 11 is 1.54. The van der Waals surface area contributed by atoms with Crippen LogP contribution in [0.1, 0.15) is 18.7 Å². The Morgan fingerprint density at radius 2 is 2.17 bits per heavy atom. The van der Waals surface area contributed by atoms with E-state index in [0.29, 0.717) is 4.90 Å². The fourth-order valence-corrected chi connectivity index (χ4v) is 5.36. The fourth-order valence-electron chi connectivity index (χ4n) is 1.65. The molecule has 4 heteroatoms. The molecule has 0 amide bonds. The molecule has 1 aliphatic rings. The van der Waals surface area contributed by atoms with Gasteiger partial charge in [-0.25, -0.2) is 8.42 Å². The van der Waals surface area contributed by atoms with Gasteiger partial charge in [-0.15, -0.1) is 11.3 Å². The molecule has 0 unspecified atom stereocenters. The summed E-state index contributed by atoms with van der Waals surface area (Å²) in [5, 5.41) is 1.85. The van der Waals surface area contributed by atoms with Crippen LogP contribution in [-0.4, -0.2) is 14.2 Å². The second-order valence-corrected chi connectivity index (χ2v) is 6.63. The van der Waals surface area contributed by atoms with E-state index in [-0.39, 0.29) is 11.2 Å². The molecule has 1 aromatic rings. The minimum absolute atomic E-state index is 0.178. The zero-order valence-electron chi connectivity index (χ0n) is 6.99. The Morgan fingerprint density at radius 3 is 2.75 bits per heavy atom. The maximum Gasteiger partial charge on any atom is 0.180 e. The Labute approximate surface area is 76.2 Å². The molecule has 0 bridgehead atoms. The van der Waals surface area contributed by atoms with Gasteiger partial charge in [-0.1, -0.05) is 13.8 Å². The lowest BCUT2D eigenvalue weighted by atomic mass is 9.95. The minimum Gasteiger partial charge on any atom is -0.224 e. The third kappa shape index (κ3) is 0.944. The Balaban J connectivity index is 2.77. The average Bonchev–Trinajstić information content (AvgIpc) is 2.34. The molecule has 0 atom stereocenters. The van der Waals surface area contributed by atoms with Gasteiger partial charge in [0.25, 0.3) is 0 Å². The molecule has 0 N–H and O–H groups in total. The fraction of sp³-hybridized carbons (Fsp3) is 0.500. The first-order chi connectivity index (χ1) is 5.43. The lowest BCUT2D eigenvalue weighted by Gasteiger charge is -2.13. The molecule has 0 radical (unpaired) electrons. The van der Waals surface area contributed by atoms with Gasteiger partial charge in [0.05, 0.1) is 10.6 Å². The molecule has 2 rings (SSSR count). The number of rotatable bonds is 0. The number of hydrogen-bond donors (Lipinski definition) is 0. The van der Waals surface area contributed by atoms with Crippen molar-refractivity contribution in [2.45, 2.75) is 24.2 Å². The SMILES string of the molecule is CC1(C)CS(=O)(=O)c2ccsc21. The molecule has 66 valence electrons. The maximum absolute atomic E-state index is 11.5. The van der Waals surface area contributed by atoms with Crippen molar-refractivity contribution in [3.05, 3.63) is 16.3 Å². The number of hydrogen-bond acceptors (Lipinski definition) is 3. The number of sulfone groups is 1. The molecule has 0 aliphatic carbocycles. The summed E-state index contributed by atoms with van der Waals surface area (Å²) in [5.41, 5.74) is -0.178. The lowest BCUT2D eigenvalue weighted by molar-refractivity contribution is 0.576. The first-order valence-corrected chi connectivity index (χ1v) is 6.27. The van der Waals surface area contributed by atoms with Gasteiger partial charge < -0.3 is 0 Å². The molecular weight excluding hydrogens is 192 g/mol. The van der Waals surface area contributed by atoms with E-state index >= 15 is 0 Å². The highest BCUT2D eigenvalue weighted by atomic mass is 32.2. The van der Waals surface area contributed by atoms with Crippen molar-refractivity contribution in [3.63, 3.8) is 0 Å². The van der Waals surface area contributed by atoms with Crippen molar-refractivity contribution >= 4 is 21.2 Å². The Kier molecular flexibility index (Phi) is 1.46. The molecule has 2 heterocycles. The summed E-state index contributed by atoms with van der Waals surface area (Å²) in [6.07, 6.45) is 0. The standard InChI is InChI=1S/C8H10O2S2/c1-8(2)5-12(9,10)6-3-4-11-7(6)8/h3-4H,5H2,1-2H3. The highest BCUT2D eigenvalue weighted by Crippen LogP contribution is 2.42. The van der Waals surface area contributed by atoms with Gasteiger partial charge >= 0.3 is 0 Å². The lowest BCUT2D eigenvalue weighted by Crippen LogP contribution is -2.18. The Bertz CT molecular complexity index is 412. The predicted octanol–water partition coefficient (Wildman–Crippen LogP) is 1.81. The van der Waals surface area contributed by atoms with Gasteiger partial charge in [-0.2, -0.15) is 0 Å². The predicted molar refractivity (Wildman–Crippen MR) is 49.4 cm³/mol. The van der Waals surface area contributed by atoms with Gasteiger partial charge in [-0.05, 0) is 11.4 Å². The van der Waals surface area contributed by atoms with Crippen LogP contribution in [0.15, 0.2) is 16.3 Å². The summed E-state index contributed by atoms with van der Waals surface area (Å²) in [4.78, 5) is 1.57. The van der Waals surface area contributed by atoms with E-state index in [1.54, 1.807) is 17.4 Å². The maximum atomic E-state index is 11.5. The van der Waals surface area contributed by atoms with Gasteiger partial charge in [-0.3, -0.25) is 0 Å². The summed E-state index contributed by atoms with van der Waals surface area (Å²) in [6.45, 7) is 3.96. The molecule has 0 spiro atoms. The van der Waals surface area contributed by atoms with Crippen molar-refractivity contribution in [1.29, 1.82) is 0 Å². The van der Waals surface area contributed by atoms with E-state index in [4.69, 9.17) is 0 Å². The monoisotopic (exact) mass is 202 g/mol. The van der Waals surface area contributed by atoms with E-state index in [0.717, 1.165) is 4.88 Å². The number of thiophene rings is 1. The summed E-state index contributed by atoms with van der Waals surface area (Å²) < 4.78 is 23.1. The Morgan fingerprint density at radius 1 is 1.50 bits per heavy atom. The molecule has 0 saturated heterocycles. The van der Waals surface area contributed by atoms with E-state index in [2.05, 4.69) is 0 Å². The first-order valence-electron chi connectivity index (χ1n) is 3.74. The average molecular weight is 202 g/mol. The first kappa shape index (κ1) is 8.26. The molecule has 0 aromatic carbocycles. The second kappa shape index (κ2) is 2.12. The highest BCUT2D eigenvalue weighted by Gasteiger charge is 2.41. The van der Waals surface area contributed by atoms with Gasteiger partial charge in [0.15, 0.2) is 9.84 Å². The van der Waals surface area contributed by atoms with Crippen molar-refractivity contribution in [2.75, 3.05) is 5.75 Å². The van der Waals surface area contributed by atoms with E-state index in [1.807, 2.05) is 19.2 Å². The zero-order valence-corrected chi connectivity index (χ0v) is 8.63. The van der Waals surface area contributed by atoms with Gasteiger partial charge in [0.1, 0.15) is 0 Å². The highest BCUT2D eigenvalue weighted by molar-refractivity contribution is 7.92.